The van der Waals surface area contributed by atoms with Crippen molar-refractivity contribution in [2.75, 3.05) is 6.61 Å². The molecule has 0 bridgehead atoms. The molecule has 1 aromatic carbocycles. The van der Waals surface area contributed by atoms with E-state index in [9.17, 15) is 18.9 Å². The van der Waals surface area contributed by atoms with Crippen molar-refractivity contribution in [3.05, 3.63) is 33.9 Å². The number of nitro benzene ring substituents is 1. The van der Waals surface area contributed by atoms with Crippen molar-refractivity contribution in [3.63, 3.8) is 0 Å². The highest BCUT2D eigenvalue weighted by Gasteiger charge is 2.47. The first-order valence-corrected chi connectivity index (χ1v) is 7.37. The second-order valence-corrected chi connectivity index (χ2v) is 6.11. The lowest BCUT2D eigenvalue weighted by Crippen LogP contribution is -2.40. The first-order chi connectivity index (χ1) is 11.1. The van der Waals surface area contributed by atoms with Crippen molar-refractivity contribution in [1.29, 1.82) is 0 Å². The standard InChI is InChI=1S/C15H19F2N3O4/c1-4-14(2,3)24-11-6-5-9(20(21)22)7-10(11)12-15(16,17)8-23-13(18)19-12/h5-7,12H,4,8H2,1-3H3,(H2,18,19). The number of halogens is 2. The van der Waals surface area contributed by atoms with Crippen LogP contribution in [-0.4, -0.2) is 29.1 Å². The van der Waals surface area contributed by atoms with Gasteiger partial charge in [-0.05, 0) is 26.3 Å². The minimum atomic E-state index is -3.37. The summed E-state index contributed by atoms with van der Waals surface area (Å²) in [5.74, 6) is -3.26. The molecule has 0 spiro atoms. The fourth-order valence-corrected chi connectivity index (χ4v) is 2.13. The van der Waals surface area contributed by atoms with E-state index in [1.54, 1.807) is 13.8 Å². The van der Waals surface area contributed by atoms with Gasteiger partial charge in [0.2, 0.25) is 0 Å². The van der Waals surface area contributed by atoms with Crippen LogP contribution in [-0.2, 0) is 4.74 Å². The summed E-state index contributed by atoms with van der Waals surface area (Å²) in [6, 6.07) is 1.45. The Bertz CT molecular complexity index is 677. The SMILES string of the molecule is CCC(C)(C)Oc1ccc([N+](=O)[O-])cc1C1N=C(N)OCC1(F)F. The predicted molar refractivity (Wildman–Crippen MR) is 83.4 cm³/mol. The molecule has 1 aromatic rings. The summed E-state index contributed by atoms with van der Waals surface area (Å²) >= 11 is 0. The number of non-ortho nitro benzene ring substituents is 1. The summed E-state index contributed by atoms with van der Waals surface area (Å²) in [5, 5.41) is 11.0. The van der Waals surface area contributed by atoms with Crippen LogP contribution in [0.15, 0.2) is 23.2 Å². The van der Waals surface area contributed by atoms with E-state index in [4.69, 9.17) is 10.5 Å². The zero-order chi connectivity index (χ0) is 18.1. The molecule has 1 atom stereocenters. The van der Waals surface area contributed by atoms with Crippen molar-refractivity contribution in [1.82, 2.24) is 0 Å². The van der Waals surface area contributed by atoms with E-state index in [2.05, 4.69) is 9.73 Å². The number of ether oxygens (including phenoxy) is 2. The Morgan fingerprint density at radius 2 is 2.21 bits per heavy atom. The van der Waals surface area contributed by atoms with Crippen LogP contribution < -0.4 is 10.5 Å². The normalized spacial score (nSPS) is 20.0. The number of hydrogen-bond acceptors (Lipinski definition) is 6. The Labute approximate surface area is 137 Å². The number of aliphatic imine (C=N–C) groups is 1. The van der Waals surface area contributed by atoms with E-state index < -0.39 is 35.1 Å². The second-order valence-electron chi connectivity index (χ2n) is 6.11. The third-order valence-corrected chi connectivity index (χ3v) is 3.81. The fourth-order valence-electron chi connectivity index (χ4n) is 2.13. The Balaban J connectivity index is 2.57. The highest BCUT2D eigenvalue weighted by Crippen LogP contribution is 2.43. The Morgan fingerprint density at radius 3 is 2.79 bits per heavy atom. The maximum atomic E-state index is 14.2. The van der Waals surface area contributed by atoms with E-state index in [-0.39, 0.29) is 17.0 Å². The van der Waals surface area contributed by atoms with E-state index in [1.807, 2.05) is 6.92 Å². The van der Waals surface area contributed by atoms with Gasteiger partial charge in [0.05, 0.1) is 4.92 Å². The van der Waals surface area contributed by atoms with Gasteiger partial charge in [-0.2, -0.15) is 0 Å². The first-order valence-electron chi connectivity index (χ1n) is 7.37. The number of hydrogen-bond donors (Lipinski definition) is 1. The average Bonchev–Trinajstić information content (AvgIpc) is 2.50. The van der Waals surface area contributed by atoms with Crippen molar-refractivity contribution in [2.24, 2.45) is 10.7 Å². The van der Waals surface area contributed by atoms with Crippen LogP contribution in [0.3, 0.4) is 0 Å². The van der Waals surface area contributed by atoms with Gasteiger partial charge < -0.3 is 15.2 Å². The summed E-state index contributed by atoms with van der Waals surface area (Å²) in [6.45, 7) is 4.51. The van der Waals surface area contributed by atoms with Gasteiger partial charge in [-0.1, -0.05) is 6.92 Å². The quantitative estimate of drug-likeness (QED) is 0.654. The smallest absolute Gasteiger partial charge is 0.307 e. The molecule has 0 saturated carbocycles. The topological polar surface area (TPSA) is 100.0 Å². The van der Waals surface area contributed by atoms with Gasteiger partial charge in [0.25, 0.3) is 11.7 Å². The average molecular weight is 343 g/mol. The largest absolute Gasteiger partial charge is 0.487 e. The van der Waals surface area contributed by atoms with Crippen LogP contribution in [0, 0.1) is 10.1 Å². The Morgan fingerprint density at radius 1 is 1.54 bits per heavy atom. The minimum Gasteiger partial charge on any atom is -0.487 e. The molecule has 7 nitrogen and oxygen atoms in total. The molecule has 1 aliphatic heterocycles. The number of alkyl halides is 2. The minimum absolute atomic E-state index is 0.0954. The van der Waals surface area contributed by atoms with Crippen LogP contribution >= 0.6 is 0 Å². The molecule has 0 amide bonds. The van der Waals surface area contributed by atoms with Gasteiger partial charge in [0.15, 0.2) is 12.6 Å². The van der Waals surface area contributed by atoms with Crippen LogP contribution in [0.1, 0.15) is 38.8 Å². The summed E-state index contributed by atoms with van der Waals surface area (Å²) in [5.41, 5.74) is 4.34. The van der Waals surface area contributed by atoms with Crippen LogP contribution in [0.2, 0.25) is 0 Å². The van der Waals surface area contributed by atoms with Crippen molar-refractivity contribution in [2.45, 2.75) is 44.8 Å². The highest BCUT2D eigenvalue weighted by atomic mass is 19.3. The number of nitrogens with zero attached hydrogens (tertiary/aromatic N) is 2. The van der Waals surface area contributed by atoms with E-state index >= 15 is 0 Å². The molecule has 2 rings (SSSR count). The number of rotatable bonds is 5. The summed E-state index contributed by atoms with van der Waals surface area (Å²) < 4.78 is 38.9. The monoisotopic (exact) mass is 343 g/mol. The molecule has 0 aromatic heterocycles. The highest BCUT2D eigenvalue weighted by molar-refractivity contribution is 5.73. The Kier molecular flexibility index (Phi) is 4.63. The number of benzene rings is 1. The van der Waals surface area contributed by atoms with E-state index in [0.717, 1.165) is 6.07 Å². The summed E-state index contributed by atoms with van der Waals surface area (Å²) in [6.07, 6.45) is 0.610. The van der Waals surface area contributed by atoms with Crippen molar-refractivity contribution in [3.8, 4) is 5.75 Å². The molecule has 1 heterocycles. The molecule has 24 heavy (non-hydrogen) atoms. The zero-order valence-corrected chi connectivity index (χ0v) is 13.6. The molecule has 2 N–H and O–H groups in total. The van der Waals surface area contributed by atoms with Crippen LogP contribution in [0.5, 0.6) is 5.75 Å². The predicted octanol–water partition coefficient (Wildman–Crippen LogP) is 3.18. The molecule has 9 heteroatoms. The third-order valence-electron chi connectivity index (χ3n) is 3.81. The summed E-state index contributed by atoms with van der Waals surface area (Å²) in [7, 11) is 0. The second kappa shape index (κ2) is 6.21. The van der Waals surface area contributed by atoms with E-state index in [1.165, 1.54) is 12.1 Å². The Hall–Kier alpha value is -2.45. The summed E-state index contributed by atoms with van der Waals surface area (Å²) in [4.78, 5) is 14.0. The lowest BCUT2D eigenvalue weighted by molar-refractivity contribution is -0.385. The maximum Gasteiger partial charge on any atom is 0.307 e. The van der Waals surface area contributed by atoms with Gasteiger partial charge >= 0.3 is 5.92 Å². The van der Waals surface area contributed by atoms with Crippen molar-refractivity contribution >= 4 is 11.7 Å². The number of nitrogens with two attached hydrogens (primary N) is 1. The molecule has 132 valence electrons. The molecule has 0 aliphatic carbocycles. The lowest BCUT2D eigenvalue weighted by Gasteiger charge is -2.31. The van der Waals surface area contributed by atoms with Crippen LogP contribution in [0.25, 0.3) is 0 Å². The van der Waals surface area contributed by atoms with Gasteiger partial charge in [-0.15, -0.1) is 0 Å². The lowest BCUT2D eigenvalue weighted by atomic mass is 9.98. The molecular weight excluding hydrogens is 324 g/mol. The molecule has 1 unspecified atom stereocenters. The van der Waals surface area contributed by atoms with Crippen LogP contribution in [0.4, 0.5) is 14.5 Å². The number of nitro groups is 1. The number of amidine groups is 1. The third kappa shape index (κ3) is 3.72. The van der Waals surface area contributed by atoms with E-state index in [0.29, 0.717) is 6.42 Å². The first kappa shape index (κ1) is 17.9. The molecular formula is C15H19F2N3O4. The van der Waals surface area contributed by atoms with Gasteiger partial charge in [0, 0.05) is 17.7 Å². The molecule has 0 radical (unpaired) electrons. The van der Waals surface area contributed by atoms with Gasteiger partial charge in [-0.3, -0.25) is 10.1 Å². The fraction of sp³-hybridized carbons (Fsp3) is 0.533. The molecule has 1 aliphatic rings. The van der Waals surface area contributed by atoms with Gasteiger partial charge in [-0.25, -0.2) is 13.8 Å². The molecule has 0 saturated heterocycles. The van der Waals surface area contributed by atoms with Crippen molar-refractivity contribution < 1.29 is 23.2 Å². The maximum absolute atomic E-state index is 14.2. The molecule has 0 fully saturated rings. The van der Waals surface area contributed by atoms with Gasteiger partial charge in [0.1, 0.15) is 11.4 Å². The zero-order valence-electron chi connectivity index (χ0n) is 13.6.